The number of hydrogen-bond donors (Lipinski definition) is 2. The lowest BCUT2D eigenvalue weighted by Crippen LogP contribution is -2.42. The summed E-state index contributed by atoms with van der Waals surface area (Å²) in [6, 6.07) is 3.58. The van der Waals surface area contributed by atoms with Crippen LogP contribution in [0, 0.1) is 5.92 Å². The number of nitrogens with zero attached hydrogens (tertiary/aromatic N) is 1. The van der Waals surface area contributed by atoms with E-state index in [0.29, 0.717) is 12.5 Å². The molecule has 1 aromatic heterocycles. The number of nitrogens with two attached hydrogens (primary N) is 1. The van der Waals surface area contributed by atoms with Crippen molar-refractivity contribution in [1.82, 2.24) is 10.3 Å². The number of nitrogens with one attached hydrogen (secondary N) is 1. The first-order valence-corrected chi connectivity index (χ1v) is 7.68. The third-order valence-corrected chi connectivity index (χ3v) is 4.11. The lowest BCUT2D eigenvalue weighted by molar-refractivity contribution is -0.122. The number of rotatable bonds is 6. The van der Waals surface area contributed by atoms with Crippen molar-refractivity contribution in [3.63, 3.8) is 0 Å². The van der Waals surface area contributed by atoms with Crippen LogP contribution in [0.1, 0.15) is 44.1 Å². The minimum absolute atomic E-state index is 0.00960. The molecule has 1 fully saturated rings. The lowest BCUT2D eigenvalue weighted by Gasteiger charge is -2.24. The van der Waals surface area contributed by atoms with Gasteiger partial charge in [0.05, 0.1) is 6.04 Å². The molecule has 3 N–H and O–H groups in total. The highest BCUT2D eigenvalue weighted by atomic mass is 16.2. The summed E-state index contributed by atoms with van der Waals surface area (Å²) >= 11 is 0. The van der Waals surface area contributed by atoms with Gasteiger partial charge in [-0.3, -0.25) is 9.78 Å². The Balaban J connectivity index is 1.65. The van der Waals surface area contributed by atoms with Gasteiger partial charge in [0.15, 0.2) is 0 Å². The van der Waals surface area contributed by atoms with Crippen molar-refractivity contribution >= 4 is 5.91 Å². The van der Waals surface area contributed by atoms with Gasteiger partial charge in [0.2, 0.25) is 5.91 Å². The Kier molecular flexibility index (Phi) is 5.99. The Labute approximate surface area is 121 Å². The summed E-state index contributed by atoms with van der Waals surface area (Å²) in [6.07, 6.45) is 11.6. The quantitative estimate of drug-likeness (QED) is 0.835. The van der Waals surface area contributed by atoms with Crippen molar-refractivity contribution < 1.29 is 4.79 Å². The number of carbonyl (C=O) groups is 1. The summed E-state index contributed by atoms with van der Waals surface area (Å²) in [7, 11) is 0. The number of aromatic nitrogens is 1. The maximum Gasteiger partial charge on any atom is 0.236 e. The average molecular weight is 275 g/mol. The van der Waals surface area contributed by atoms with Gasteiger partial charge in [-0.05, 0) is 36.5 Å². The standard InChI is InChI=1S/C16H25N3O/c17-15(12-14-4-2-1-3-5-14)16(20)19-11-8-13-6-9-18-10-7-13/h6-7,9-10,14-15H,1-5,8,11-12,17H2,(H,19,20). The smallest absolute Gasteiger partial charge is 0.236 e. The zero-order chi connectivity index (χ0) is 14.2. The summed E-state index contributed by atoms with van der Waals surface area (Å²) in [5, 5.41) is 2.94. The van der Waals surface area contributed by atoms with E-state index in [-0.39, 0.29) is 11.9 Å². The molecule has 1 heterocycles. The van der Waals surface area contributed by atoms with E-state index in [1.807, 2.05) is 12.1 Å². The van der Waals surface area contributed by atoms with Crippen LogP contribution >= 0.6 is 0 Å². The Morgan fingerprint density at radius 1 is 1.30 bits per heavy atom. The molecule has 0 radical (unpaired) electrons. The zero-order valence-corrected chi connectivity index (χ0v) is 12.1. The van der Waals surface area contributed by atoms with Gasteiger partial charge < -0.3 is 11.1 Å². The molecular formula is C16H25N3O. The SMILES string of the molecule is NC(CC1CCCCC1)C(=O)NCCc1ccncc1. The molecule has 0 aromatic carbocycles. The third kappa shape index (κ3) is 4.93. The van der Waals surface area contributed by atoms with Gasteiger partial charge in [0, 0.05) is 18.9 Å². The van der Waals surface area contributed by atoms with Crippen LogP contribution in [0.15, 0.2) is 24.5 Å². The molecule has 0 bridgehead atoms. The van der Waals surface area contributed by atoms with Crippen LogP contribution in [-0.2, 0) is 11.2 Å². The van der Waals surface area contributed by atoms with E-state index in [9.17, 15) is 4.79 Å². The highest BCUT2D eigenvalue weighted by Crippen LogP contribution is 2.26. The highest BCUT2D eigenvalue weighted by molar-refractivity contribution is 5.81. The van der Waals surface area contributed by atoms with Crippen LogP contribution in [0.2, 0.25) is 0 Å². The summed E-state index contributed by atoms with van der Waals surface area (Å²) in [4.78, 5) is 15.9. The predicted molar refractivity (Wildman–Crippen MR) is 80.1 cm³/mol. The largest absolute Gasteiger partial charge is 0.354 e. The molecule has 20 heavy (non-hydrogen) atoms. The van der Waals surface area contributed by atoms with Crippen LogP contribution in [0.3, 0.4) is 0 Å². The van der Waals surface area contributed by atoms with E-state index >= 15 is 0 Å². The number of hydrogen-bond acceptors (Lipinski definition) is 3. The van der Waals surface area contributed by atoms with E-state index < -0.39 is 0 Å². The van der Waals surface area contributed by atoms with Gasteiger partial charge in [-0.15, -0.1) is 0 Å². The summed E-state index contributed by atoms with van der Waals surface area (Å²) < 4.78 is 0. The second-order valence-electron chi connectivity index (χ2n) is 5.74. The molecule has 1 atom stereocenters. The maximum absolute atomic E-state index is 12.0. The van der Waals surface area contributed by atoms with Crippen LogP contribution in [0.4, 0.5) is 0 Å². The molecular weight excluding hydrogens is 250 g/mol. The van der Waals surface area contributed by atoms with Crippen molar-refractivity contribution in [2.45, 2.75) is 51.0 Å². The van der Waals surface area contributed by atoms with Gasteiger partial charge in [-0.2, -0.15) is 0 Å². The maximum atomic E-state index is 12.0. The van der Waals surface area contributed by atoms with Crippen molar-refractivity contribution in [2.24, 2.45) is 11.7 Å². The van der Waals surface area contributed by atoms with Crippen molar-refractivity contribution in [3.8, 4) is 0 Å². The van der Waals surface area contributed by atoms with Crippen molar-refractivity contribution in [2.75, 3.05) is 6.54 Å². The molecule has 4 heteroatoms. The first-order chi connectivity index (χ1) is 9.75. The van der Waals surface area contributed by atoms with Crippen molar-refractivity contribution in [1.29, 1.82) is 0 Å². The summed E-state index contributed by atoms with van der Waals surface area (Å²) in [5.41, 5.74) is 7.19. The van der Waals surface area contributed by atoms with E-state index in [4.69, 9.17) is 5.73 Å². The molecule has 0 spiro atoms. The van der Waals surface area contributed by atoms with Crippen LogP contribution < -0.4 is 11.1 Å². The second kappa shape index (κ2) is 8.00. The second-order valence-corrected chi connectivity index (χ2v) is 5.74. The third-order valence-electron chi connectivity index (χ3n) is 4.11. The van der Waals surface area contributed by atoms with E-state index in [1.54, 1.807) is 12.4 Å². The summed E-state index contributed by atoms with van der Waals surface area (Å²) in [6.45, 7) is 0.640. The molecule has 1 unspecified atom stereocenters. The zero-order valence-electron chi connectivity index (χ0n) is 12.1. The highest BCUT2D eigenvalue weighted by Gasteiger charge is 2.20. The molecule has 1 aromatic rings. The van der Waals surface area contributed by atoms with Gasteiger partial charge in [0.25, 0.3) is 0 Å². The first kappa shape index (κ1) is 15.0. The fourth-order valence-corrected chi connectivity index (χ4v) is 2.90. The normalized spacial score (nSPS) is 17.6. The van der Waals surface area contributed by atoms with Gasteiger partial charge >= 0.3 is 0 Å². The molecule has 1 aliphatic carbocycles. The van der Waals surface area contributed by atoms with Gasteiger partial charge in [0.1, 0.15) is 0 Å². The van der Waals surface area contributed by atoms with Gasteiger partial charge in [-0.1, -0.05) is 32.1 Å². The molecule has 0 aliphatic heterocycles. The van der Waals surface area contributed by atoms with Crippen LogP contribution in [0.5, 0.6) is 0 Å². The van der Waals surface area contributed by atoms with Gasteiger partial charge in [-0.25, -0.2) is 0 Å². The Morgan fingerprint density at radius 2 is 2.00 bits per heavy atom. The van der Waals surface area contributed by atoms with E-state index in [0.717, 1.165) is 12.8 Å². The average Bonchev–Trinajstić information content (AvgIpc) is 2.49. The van der Waals surface area contributed by atoms with Crippen LogP contribution in [0.25, 0.3) is 0 Å². The first-order valence-electron chi connectivity index (χ1n) is 7.68. The molecule has 1 amide bonds. The molecule has 1 saturated carbocycles. The topological polar surface area (TPSA) is 68.0 Å². The minimum atomic E-state index is -0.351. The van der Waals surface area contributed by atoms with E-state index in [2.05, 4.69) is 10.3 Å². The molecule has 2 rings (SSSR count). The van der Waals surface area contributed by atoms with Crippen molar-refractivity contribution in [3.05, 3.63) is 30.1 Å². The summed E-state index contributed by atoms with van der Waals surface area (Å²) in [5.74, 6) is 0.634. The molecule has 0 saturated heterocycles. The molecule has 110 valence electrons. The predicted octanol–water partition coefficient (Wildman–Crippen LogP) is 2.04. The Morgan fingerprint density at radius 3 is 2.70 bits per heavy atom. The molecule has 1 aliphatic rings. The number of amides is 1. The van der Waals surface area contributed by atoms with E-state index in [1.165, 1.54) is 37.7 Å². The molecule has 4 nitrogen and oxygen atoms in total. The fraction of sp³-hybridized carbons (Fsp3) is 0.625. The monoisotopic (exact) mass is 275 g/mol. The fourth-order valence-electron chi connectivity index (χ4n) is 2.90. The number of pyridine rings is 1. The van der Waals surface area contributed by atoms with Crippen LogP contribution in [-0.4, -0.2) is 23.5 Å². The Hall–Kier alpha value is -1.42. The lowest BCUT2D eigenvalue weighted by atomic mass is 9.85. The Bertz CT molecular complexity index is 401. The minimum Gasteiger partial charge on any atom is -0.354 e. The number of carbonyl (C=O) groups excluding carboxylic acids is 1.